The molecule has 0 spiro atoms. The van der Waals surface area contributed by atoms with E-state index in [4.69, 9.17) is 18.9 Å². The minimum absolute atomic E-state index is 0.110. The van der Waals surface area contributed by atoms with Gasteiger partial charge < -0.3 is 38.9 Å². The number of carbonyl (C=O) groups excluding carboxylic acids is 3. The number of methoxy groups -OCH3 is 2. The second kappa shape index (κ2) is 13.4. The van der Waals surface area contributed by atoms with E-state index in [-0.39, 0.29) is 37.3 Å². The lowest BCUT2D eigenvalue weighted by atomic mass is 10.0. The molecule has 4 bridgehead atoms. The Morgan fingerprint density at radius 3 is 2.67 bits per heavy atom. The van der Waals surface area contributed by atoms with Crippen LogP contribution in [0, 0.1) is 6.92 Å². The van der Waals surface area contributed by atoms with E-state index in [1.807, 2.05) is 47.9 Å². The number of aromatic nitrogens is 2. The molecule has 3 amide bonds. The van der Waals surface area contributed by atoms with Crippen molar-refractivity contribution < 1.29 is 33.3 Å². The summed E-state index contributed by atoms with van der Waals surface area (Å²) in [4.78, 5) is 45.9. The lowest BCUT2D eigenvalue weighted by molar-refractivity contribution is -0.125. The topological polar surface area (TPSA) is 133 Å². The van der Waals surface area contributed by atoms with Gasteiger partial charge in [-0.05, 0) is 54.8 Å². The Kier molecular flexibility index (Phi) is 8.95. The Morgan fingerprint density at radius 2 is 1.87 bits per heavy atom. The quantitative estimate of drug-likeness (QED) is 0.354. The first-order chi connectivity index (χ1) is 22.3. The lowest BCUT2D eigenvalue weighted by Gasteiger charge is -2.38. The molecule has 0 saturated carbocycles. The van der Waals surface area contributed by atoms with Crippen LogP contribution in [-0.2, 0) is 22.6 Å². The number of aryl methyl sites for hydroxylation is 2. The molecular weight excluding hydrogens is 590 g/mol. The molecule has 1 fully saturated rings. The van der Waals surface area contributed by atoms with Crippen LogP contribution in [0.15, 0.2) is 60.9 Å². The molecule has 3 aliphatic rings. The van der Waals surface area contributed by atoms with Crippen molar-refractivity contribution in [1.29, 1.82) is 0 Å². The van der Waals surface area contributed by atoms with Crippen molar-refractivity contribution in [3.05, 3.63) is 83.3 Å². The van der Waals surface area contributed by atoms with Crippen molar-refractivity contribution in [2.24, 2.45) is 0 Å². The third-order valence-corrected chi connectivity index (χ3v) is 8.33. The monoisotopic (exact) mass is 627 g/mol. The number of hydrogen-bond donors (Lipinski definition) is 2. The molecule has 0 unspecified atom stereocenters. The molecule has 4 aromatic rings. The van der Waals surface area contributed by atoms with E-state index in [2.05, 4.69) is 15.6 Å². The third kappa shape index (κ3) is 6.70. The molecule has 2 aromatic carbocycles. The number of imidazole rings is 1. The number of carbonyl (C=O) groups is 3. The maximum atomic E-state index is 13.6. The van der Waals surface area contributed by atoms with Gasteiger partial charge in [0.05, 0.1) is 20.3 Å². The van der Waals surface area contributed by atoms with Gasteiger partial charge >= 0.3 is 0 Å². The number of amides is 3. The number of piperidine rings is 1. The van der Waals surface area contributed by atoms with Crippen LogP contribution in [0.4, 0.5) is 0 Å². The van der Waals surface area contributed by atoms with Crippen LogP contribution >= 0.6 is 0 Å². The first-order valence-corrected chi connectivity index (χ1v) is 15.2. The Labute approximate surface area is 266 Å². The zero-order chi connectivity index (χ0) is 32.2. The van der Waals surface area contributed by atoms with Gasteiger partial charge in [-0.1, -0.05) is 12.1 Å². The number of nitrogens with zero attached hydrogens (tertiary/aromatic N) is 3. The highest BCUT2D eigenvalue weighted by molar-refractivity contribution is 5.93. The van der Waals surface area contributed by atoms with Crippen LogP contribution in [-0.4, -0.2) is 78.1 Å². The molecule has 12 heteroatoms. The second-order valence-corrected chi connectivity index (χ2v) is 11.4. The zero-order valence-electron chi connectivity index (χ0n) is 26.1. The molecule has 2 aromatic heterocycles. The average molecular weight is 628 g/mol. The Morgan fingerprint density at radius 1 is 1.02 bits per heavy atom. The average Bonchev–Trinajstić information content (AvgIpc) is 3.51. The van der Waals surface area contributed by atoms with Crippen LogP contribution in [0.5, 0.6) is 23.0 Å². The van der Waals surface area contributed by atoms with Gasteiger partial charge in [-0.25, -0.2) is 4.98 Å². The fraction of sp³-hybridized carbons (Fsp3) is 0.353. The number of rotatable bonds is 3. The van der Waals surface area contributed by atoms with Crippen LogP contribution in [0.25, 0.3) is 5.65 Å². The number of fused-ring (bicyclic) bond motifs is 10. The first-order valence-electron chi connectivity index (χ1n) is 15.2. The van der Waals surface area contributed by atoms with Crippen molar-refractivity contribution in [2.75, 3.05) is 33.9 Å². The summed E-state index contributed by atoms with van der Waals surface area (Å²) in [6, 6.07) is 14.1. The molecule has 240 valence electrons. The number of likely N-dealkylation sites (tertiary alicyclic amines) is 1. The van der Waals surface area contributed by atoms with E-state index < -0.39 is 12.1 Å². The molecule has 2 N–H and O–H groups in total. The summed E-state index contributed by atoms with van der Waals surface area (Å²) in [6.45, 7) is 2.57. The van der Waals surface area contributed by atoms with Crippen molar-refractivity contribution in [1.82, 2.24) is 24.9 Å². The number of ether oxygens (including phenoxy) is 4. The fourth-order valence-corrected chi connectivity index (χ4v) is 5.85. The molecule has 46 heavy (non-hydrogen) atoms. The highest BCUT2D eigenvalue weighted by Gasteiger charge is 2.35. The molecule has 2 atom stereocenters. The van der Waals surface area contributed by atoms with Crippen molar-refractivity contribution in [3.63, 3.8) is 0 Å². The summed E-state index contributed by atoms with van der Waals surface area (Å²) >= 11 is 0. The van der Waals surface area contributed by atoms with E-state index >= 15 is 0 Å². The summed E-state index contributed by atoms with van der Waals surface area (Å²) in [6.07, 6.45) is 4.33. The standard InChI is InChI=1S/C34H37N5O7/c1-21-5-4-13-38-19-26(37-33(21)38)34(42)39-14-12-27-25(18-39)36-32(41)20-45-30-15-22(6-10-28(30)43-2)7-11-31(40)35-17-23-8-9-24(46-27)16-29(23)44-3/h4-6,8-10,13,15-16,19,25,27H,7,11-12,14,17-18,20H2,1-3H3,(H,35,40)(H,36,41)/t25-,27+/m1/s1. The summed E-state index contributed by atoms with van der Waals surface area (Å²) in [5, 5.41) is 6.00. The van der Waals surface area contributed by atoms with Crippen molar-refractivity contribution in [3.8, 4) is 23.0 Å². The van der Waals surface area contributed by atoms with Gasteiger partial charge in [0.2, 0.25) is 5.91 Å². The zero-order valence-corrected chi connectivity index (χ0v) is 26.1. The summed E-state index contributed by atoms with van der Waals surface area (Å²) in [5.74, 6) is 1.26. The summed E-state index contributed by atoms with van der Waals surface area (Å²) in [7, 11) is 3.09. The molecule has 7 rings (SSSR count). The highest BCUT2D eigenvalue weighted by Crippen LogP contribution is 2.30. The number of hydrogen-bond acceptors (Lipinski definition) is 8. The minimum atomic E-state index is -0.548. The second-order valence-electron chi connectivity index (χ2n) is 11.4. The Hall–Kier alpha value is -5.26. The largest absolute Gasteiger partial charge is 0.496 e. The van der Waals surface area contributed by atoms with E-state index in [1.54, 1.807) is 36.4 Å². The van der Waals surface area contributed by atoms with Crippen LogP contribution in [0.2, 0.25) is 0 Å². The van der Waals surface area contributed by atoms with E-state index in [0.717, 1.165) is 22.3 Å². The summed E-state index contributed by atoms with van der Waals surface area (Å²) in [5.41, 5.74) is 3.68. The predicted molar refractivity (Wildman–Crippen MR) is 168 cm³/mol. The van der Waals surface area contributed by atoms with Crippen molar-refractivity contribution >= 4 is 23.4 Å². The SMILES string of the molecule is COc1cc2ccc1CNC(=O)CCc1ccc(OC)c(c1)OCC(=O)N[C@@H]1CN(C(=O)c3cn4cccc(C)c4n3)CC[C@@H]1O2. The third-order valence-electron chi connectivity index (χ3n) is 8.33. The molecule has 5 heterocycles. The Balaban J connectivity index is 1.27. The van der Waals surface area contributed by atoms with Crippen LogP contribution < -0.4 is 29.6 Å². The van der Waals surface area contributed by atoms with Gasteiger partial charge in [0, 0.05) is 56.5 Å². The number of nitrogens with one attached hydrogen (secondary N) is 2. The summed E-state index contributed by atoms with van der Waals surface area (Å²) < 4.78 is 25.2. The maximum Gasteiger partial charge on any atom is 0.274 e. The van der Waals surface area contributed by atoms with Gasteiger partial charge in [-0.15, -0.1) is 0 Å². The van der Waals surface area contributed by atoms with Crippen LogP contribution in [0.1, 0.15) is 40.0 Å². The van der Waals surface area contributed by atoms with Gasteiger partial charge in [0.1, 0.15) is 28.9 Å². The Bertz CT molecular complexity index is 1770. The molecule has 1 saturated heterocycles. The van der Waals surface area contributed by atoms with Gasteiger partial charge in [0.25, 0.3) is 11.8 Å². The number of benzene rings is 2. The van der Waals surface area contributed by atoms with Gasteiger partial charge in [0.15, 0.2) is 18.1 Å². The minimum Gasteiger partial charge on any atom is -0.496 e. The molecular formula is C34H37N5O7. The molecule has 0 radical (unpaired) electrons. The molecule has 3 aliphatic heterocycles. The van der Waals surface area contributed by atoms with E-state index in [1.165, 1.54) is 7.11 Å². The lowest BCUT2D eigenvalue weighted by Crippen LogP contribution is -2.58. The fourth-order valence-electron chi connectivity index (χ4n) is 5.85. The normalized spacial score (nSPS) is 19.0. The van der Waals surface area contributed by atoms with E-state index in [0.29, 0.717) is 54.6 Å². The van der Waals surface area contributed by atoms with Crippen LogP contribution in [0.3, 0.4) is 0 Å². The van der Waals surface area contributed by atoms with Gasteiger partial charge in [-0.2, -0.15) is 0 Å². The molecule has 12 nitrogen and oxygen atoms in total. The maximum absolute atomic E-state index is 13.6. The highest BCUT2D eigenvalue weighted by atomic mass is 16.5. The van der Waals surface area contributed by atoms with E-state index in [9.17, 15) is 14.4 Å². The number of pyridine rings is 1. The first kappa shape index (κ1) is 30.8. The van der Waals surface area contributed by atoms with Crippen molar-refractivity contribution in [2.45, 2.75) is 44.9 Å². The predicted octanol–water partition coefficient (Wildman–Crippen LogP) is 3.08. The smallest absolute Gasteiger partial charge is 0.274 e. The van der Waals surface area contributed by atoms with Gasteiger partial charge in [-0.3, -0.25) is 14.4 Å². The molecule has 0 aliphatic carbocycles.